The zero-order chi connectivity index (χ0) is 20.8. The van der Waals surface area contributed by atoms with E-state index in [2.05, 4.69) is 33.8 Å². The normalized spacial score (nSPS) is 39.5. The molecule has 1 N–H and O–H groups in total. The zero-order valence-electron chi connectivity index (χ0n) is 18.0. The summed E-state index contributed by atoms with van der Waals surface area (Å²) in [6.07, 6.45) is 6.53. The molecule has 0 aromatic rings. The molecule has 28 heavy (non-hydrogen) atoms. The standard InChI is InChI=1S/C24H34O4/c1-13(2)17-12-20(26)24(6)10-9-15(4)22-18(11-14(3)7-8-19(17)24)21(16(5)25)23(27)28-22/h11-13,16,18-19,21,25H,7-10H2,1-6H3/b14-11+,22-15+/t16-,18+,19+,21+,24?/m0/s1. The Bertz CT molecular complexity index is 767. The third-order valence-electron chi connectivity index (χ3n) is 7.12. The maximum absolute atomic E-state index is 13.0. The highest BCUT2D eigenvalue weighted by Gasteiger charge is 2.48. The van der Waals surface area contributed by atoms with Crippen LogP contribution in [0.4, 0.5) is 0 Å². The van der Waals surface area contributed by atoms with E-state index >= 15 is 0 Å². The van der Waals surface area contributed by atoms with Crippen molar-refractivity contribution in [1.29, 1.82) is 0 Å². The fourth-order valence-electron chi connectivity index (χ4n) is 5.24. The molecule has 4 nitrogen and oxygen atoms in total. The Morgan fingerprint density at radius 1 is 1.18 bits per heavy atom. The van der Waals surface area contributed by atoms with Crippen molar-refractivity contribution < 1.29 is 19.4 Å². The van der Waals surface area contributed by atoms with Gasteiger partial charge in [-0.1, -0.05) is 38.0 Å². The van der Waals surface area contributed by atoms with Gasteiger partial charge in [-0.25, -0.2) is 0 Å². The van der Waals surface area contributed by atoms with Crippen molar-refractivity contribution in [2.45, 2.75) is 73.3 Å². The molecule has 0 radical (unpaired) electrons. The van der Waals surface area contributed by atoms with Crippen molar-refractivity contribution in [3.05, 3.63) is 34.6 Å². The van der Waals surface area contributed by atoms with Gasteiger partial charge in [0.25, 0.3) is 0 Å². The van der Waals surface area contributed by atoms with Gasteiger partial charge in [-0.05, 0) is 69.9 Å². The molecule has 5 atom stereocenters. The lowest BCUT2D eigenvalue weighted by Crippen LogP contribution is -2.32. The molecule has 1 saturated heterocycles. The van der Waals surface area contributed by atoms with E-state index in [9.17, 15) is 14.7 Å². The fraction of sp³-hybridized carbons (Fsp3) is 0.667. The van der Waals surface area contributed by atoms with Gasteiger partial charge in [0.2, 0.25) is 0 Å². The molecule has 0 spiro atoms. The molecule has 0 aromatic carbocycles. The number of esters is 1. The van der Waals surface area contributed by atoms with Crippen LogP contribution in [-0.2, 0) is 14.3 Å². The fourth-order valence-corrected chi connectivity index (χ4v) is 5.24. The molecular formula is C24H34O4. The van der Waals surface area contributed by atoms with Crippen LogP contribution in [0, 0.1) is 29.1 Å². The van der Waals surface area contributed by atoms with Crippen LogP contribution in [0.1, 0.15) is 67.2 Å². The lowest BCUT2D eigenvalue weighted by Gasteiger charge is -2.33. The van der Waals surface area contributed by atoms with E-state index < -0.39 is 17.4 Å². The Balaban J connectivity index is 2.02. The van der Waals surface area contributed by atoms with E-state index in [1.165, 1.54) is 11.1 Å². The summed E-state index contributed by atoms with van der Waals surface area (Å²) in [5.74, 6) is 0.429. The minimum atomic E-state index is -0.758. The average Bonchev–Trinajstić information content (AvgIpc) is 3.05. The highest BCUT2D eigenvalue weighted by Crippen LogP contribution is 2.50. The molecule has 0 saturated carbocycles. The van der Waals surface area contributed by atoms with Crippen molar-refractivity contribution in [2.75, 3.05) is 0 Å². The molecule has 0 bridgehead atoms. The number of ether oxygens (including phenoxy) is 1. The quantitative estimate of drug-likeness (QED) is 0.550. The minimum absolute atomic E-state index is 0.214. The average molecular weight is 387 g/mol. The van der Waals surface area contributed by atoms with Crippen LogP contribution in [0.5, 0.6) is 0 Å². The SMILES string of the molecule is C/C1=C\[C@H]2/C(=C(/C)CCC3(C)C(=O)C=C(C(C)C)[C@H]3CC1)OC(=O)[C@@H]2[C@H](C)O. The summed E-state index contributed by atoms with van der Waals surface area (Å²) in [5, 5.41) is 10.2. The van der Waals surface area contributed by atoms with E-state index in [0.717, 1.165) is 31.3 Å². The maximum atomic E-state index is 13.0. The third-order valence-corrected chi connectivity index (χ3v) is 7.12. The van der Waals surface area contributed by atoms with Gasteiger partial charge < -0.3 is 9.84 Å². The molecule has 0 aromatic heterocycles. The molecular weight excluding hydrogens is 352 g/mol. The summed E-state index contributed by atoms with van der Waals surface area (Å²) < 4.78 is 5.64. The topological polar surface area (TPSA) is 63.6 Å². The Labute approximate surface area is 168 Å². The van der Waals surface area contributed by atoms with Gasteiger partial charge in [-0.2, -0.15) is 0 Å². The van der Waals surface area contributed by atoms with Crippen LogP contribution >= 0.6 is 0 Å². The largest absolute Gasteiger partial charge is 0.430 e. The van der Waals surface area contributed by atoms with E-state index in [-0.39, 0.29) is 23.6 Å². The summed E-state index contributed by atoms with van der Waals surface area (Å²) in [5.41, 5.74) is 3.08. The van der Waals surface area contributed by atoms with Crippen molar-refractivity contribution in [1.82, 2.24) is 0 Å². The van der Waals surface area contributed by atoms with Crippen molar-refractivity contribution >= 4 is 11.8 Å². The van der Waals surface area contributed by atoms with Crippen LogP contribution in [0.15, 0.2) is 34.6 Å². The van der Waals surface area contributed by atoms with E-state index in [1.54, 1.807) is 6.92 Å². The highest BCUT2D eigenvalue weighted by molar-refractivity contribution is 5.98. The number of aliphatic hydroxyl groups is 1. The van der Waals surface area contributed by atoms with Crippen LogP contribution < -0.4 is 0 Å². The second kappa shape index (κ2) is 7.62. The Morgan fingerprint density at radius 2 is 1.86 bits per heavy atom. The number of fused-ring (bicyclic) bond motifs is 2. The summed E-state index contributed by atoms with van der Waals surface area (Å²) >= 11 is 0. The van der Waals surface area contributed by atoms with E-state index in [4.69, 9.17) is 4.74 Å². The van der Waals surface area contributed by atoms with Crippen LogP contribution in [0.25, 0.3) is 0 Å². The Hall–Kier alpha value is -1.68. The summed E-state index contributed by atoms with van der Waals surface area (Å²) in [7, 11) is 0. The number of allylic oxidation sites excluding steroid dienone is 5. The molecule has 2 aliphatic carbocycles. The molecule has 1 aliphatic heterocycles. The summed E-state index contributed by atoms with van der Waals surface area (Å²) in [6.45, 7) is 12.2. The molecule has 154 valence electrons. The van der Waals surface area contributed by atoms with Gasteiger partial charge in [0, 0.05) is 5.41 Å². The molecule has 0 amide bonds. The van der Waals surface area contributed by atoms with Gasteiger partial charge in [0.1, 0.15) is 5.76 Å². The monoisotopic (exact) mass is 386 g/mol. The molecule has 1 heterocycles. The Kier molecular flexibility index (Phi) is 5.73. The van der Waals surface area contributed by atoms with Gasteiger partial charge in [0.15, 0.2) is 5.78 Å². The van der Waals surface area contributed by atoms with Gasteiger partial charge in [-0.3, -0.25) is 9.59 Å². The first-order valence-corrected chi connectivity index (χ1v) is 10.6. The van der Waals surface area contributed by atoms with Crippen molar-refractivity contribution in [3.63, 3.8) is 0 Å². The summed E-state index contributed by atoms with van der Waals surface area (Å²) in [6, 6.07) is 0. The lowest BCUT2D eigenvalue weighted by atomic mass is 9.69. The van der Waals surface area contributed by atoms with Crippen LogP contribution in [0.2, 0.25) is 0 Å². The number of rotatable bonds is 2. The number of hydrogen-bond donors (Lipinski definition) is 1. The van der Waals surface area contributed by atoms with Crippen LogP contribution in [0.3, 0.4) is 0 Å². The van der Waals surface area contributed by atoms with E-state index in [0.29, 0.717) is 11.7 Å². The van der Waals surface area contributed by atoms with Gasteiger partial charge in [-0.15, -0.1) is 0 Å². The number of ketones is 1. The van der Waals surface area contributed by atoms with Crippen molar-refractivity contribution in [2.24, 2.45) is 29.1 Å². The molecule has 4 heteroatoms. The molecule has 1 unspecified atom stereocenters. The smallest absolute Gasteiger partial charge is 0.317 e. The summed E-state index contributed by atoms with van der Waals surface area (Å²) in [4.78, 5) is 25.4. The third kappa shape index (κ3) is 3.52. The predicted molar refractivity (Wildman–Crippen MR) is 109 cm³/mol. The molecule has 1 fully saturated rings. The number of hydrogen-bond acceptors (Lipinski definition) is 4. The number of carbonyl (C=O) groups is 2. The second-order valence-corrected chi connectivity index (χ2v) is 9.54. The first-order valence-electron chi connectivity index (χ1n) is 10.6. The molecule has 3 aliphatic rings. The first kappa shape index (κ1) is 21.0. The molecule has 3 rings (SSSR count). The zero-order valence-corrected chi connectivity index (χ0v) is 18.0. The van der Waals surface area contributed by atoms with Gasteiger partial charge >= 0.3 is 5.97 Å². The number of aliphatic hydroxyl groups excluding tert-OH is 1. The number of carbonyl (C=O) groups excluding carboxylic acids is 2. The predicted octanol–water partition coefficient (Wildman–Crippen LogP) is 4.74. The highest BCUT2D eigenvalue weighted by atomic mass is 16.5. The second-order valence-electron chi connectivity index (χ2n) is 9.54. The van der Waals surface area contributed by atoms with Crippen LogP contribution in [-0.4, -0.2) is 23.0 Å². The van der Waals surface area contributed by atoms with Gasteiger partial charge in [0.05, 0.1) is 17.9 Å². The van der Waals surface area contributed by atoms with E-state index in [1.807, 2.05) is 13.0 Å². The lowest BCUT2D eigenvalue weighted by molar-refractivity contribution is -0.142. The maximum Gasteiger partial charge on any atom is 0.317 e. The minimum Gasteiger partial charge on any atom is -0.430 e. The van der Waals surface area contributed by atoms with Crippen molar-refractivity contribution in [3.8, 4) is 0 Å². The first-order chi connectivity index (χ1) is 13.1. The Morgan fingerprint density at radius 3 is 2.46 bits per heavy atom.